The number of carbonyl (C=O) groups is 1. The van der Waals surface area contributed by atoms with Crippen molar-refractivity contribution in [3.05, 3.63) is 53.5 Å². The van der Waals surface area contributed by atoms with Crippen LogP contribution in [0, 0.1) is 6.92 Å². The summed E-state index contributed by atoms with van der Waals surface area (Å²) < 4.78 is 4.97. The van der Waals surface area contributed by atoms with Gasteiger partial charge in [0, 0.05) is 32.4 Å². The summed E-state index contributed by atoms with van der Waals surface area (Å²) in [7, 11) is 1.64. The molecule has 0 fully saturated rings. The minimum absolute atomic E-state index is 0.0816. The maximum atomic E-state index is 12.2. The van der Waals surface area contributed by atoms with Crippen LogP contribution in [0.4, 0.5) is 5.82 Å². The van der Waals surface area contributed by atoms with Gasteiger partial charge in [0.2, 0.25) is 0 Å². The molecule has 0 spiro atoms. The van der Waals surface area contributed by atoms with Crippen molar-refractivity contribution in [1.29, 1.82) is 0 Å². The number of aromatic nitrogens is 2. The molecular weight excluding hydrogens is 304 g/mol. The minimum atomic E-state index is -0.202. The van der Waals surface area contributed by atoms with Crippen LogP contribution >= 0.6 is 0 Å². The van der Waals surface area contributed by atoms with E-state index in [1.807, 2.05) is 18.2 Å². The normalized spacial score (nSPS) is 11.8. The molecule has 0 aliphatic rings. The lowest BCUT2D eigenvalue weighted by atomic mass is 10.1. The molecule has 6 nitrogen and oxygen atoms in total. The molecule has 2 aromatic rings. The molecule has 1 aromatic heterocycles. The topological polar surface area (TPSA) is 76.1 Å². The number of carbonyl (C=O) groups excluding carboxylic acids is 1. The van der Waals surface area contributed by atoms with Crippen molar-refractivity contribution in [2.75, 3.05) is 25.6 Å². The molecule has 1 amide bonds. The van der Waals surface area contributed by atoms with E-state index in [0.717, 1.165) is 12.0 Å². The molecule has 2 rings (SSSR count). The first kappa shape index (κ1) is 17.9. The van der Waals surface area contributed by atoms with E-state index in [4.69, 9.17) is 4.74 Å². The van der Waals surface area contributed by atoms with Crippen LogP contribution in [0.5, 0.6) is 0 Å². The lowest BCUT2D eigenvalue weighted by molar-refractivity contribution is 0.0943. The zero-order valence-electron chi connectivity index (χ0n) is 14.4. The van der Waals surface area contributed by atoms with Crippen LogP contribution in [-0.4, -0.2) is 36.1 Å². The molecule has 1 aromatic carbocycles. The average Bonchev–Trinajstić information content (AvgIpc) is 2.58. The fourth-order valence-corrected chi connectivity index (χ4v) is 2.31. The van der Waals surface area contributed by atoms with Gasteiger partial charge in [0.1, 0.15) is 17.3 Å². The number of aryl methyl sites for hydroxylation is 1. The number of methoxy groups -OCH3 is 1. The Balaban J connectivity index is 2.04. The monoisotopic (exact) mass is 328 g/mol. The summed E-state index contributed by atoms with van der Waals surface area (Å²) in [5.41, 5.74) is 1.52. The van der Waals surface area contributed by atoms with Crippen molar-refractivity contribution >= 4 is 11.7 Å². The van der Waals surface area contributed by atoms with Gasteiger partial charge in [-0.2, -0.15) is 0 Å². The molecule has 128 valence electrons. The van der Waals surface area contributed by atoms with E-state index in [1.165, 1.54) is 0 Å². The van der Waals surface area contributed by atoms with Crippen LogP contribution < -0.4 is 10.6 Å². The molecular formula is C18H24N4O2. The van der Waals surface area contributed by atoms with Crippen LogP contribution in [0.3, 0.4) is 0 Å². The standard InChI is InChI=1S/C18H24N4O2/c1-13(15-8-5-4-6-9-15)20-17-12-16(21-14(2)22-17)18(23)19-10-7-11-24-3/h4-6,8-9,12-13H,7,10-11H2,1-3H3,(H,19,23)(H,20,21,22). The summed E-state index contributed by atoms with van der Waals surface area (Å²) in [6.07, 6.45) is 0.766. The first-order valence-corrected chi connectivity index (χ1v) is 8.04. The molecule has 0 aliphatic heterocycles. The first-order chi connectivity index (χ1) is 11.6. The van der Waals surface area contributed by atoms with Gasteiger partial charge in [-0.05, 0) is 25.8 Å². The molecule has 1 heterocycles. The van der Waals surface area contributed by atoms with Gasteiger partial charge in [-0.25, -0.2) is 9.97 Å². The third-order valence-corrected chi connectivity index (χ3v) is 3.55. The Morgan fingerprint density at radius 3 is 2.71 bits per heavy atom. The van der Waals surface area contributed by atoms with Gasteiger partial charge in [0.05, 0.1) is 0 Å². The van der Waals surface area contributed by atoms with Crippen molar-refractivity contribution < 1.29 is 9.53 Å². The molecule has 1 atom stereocenters. The summed E-state index contributed by atoms with van der Waals surface area (Å²) in [6, 6.07) is 11.8. The largest absolute Gasteiger partial charge is 0.385 e. The number of nitrogens with zero attached hydrogens (tertiary/aromatic N) is 2. The highest BCUT2D eigenvalue weighted by Gasteiger charge is 2.12. The van der Waals surface area contributed by atoms with Gasteiger partial charge in [-0.3, -0.25) is 4.79 Å². The van der Waals surface area contributed by atoms with Crippen LogP contribution in [0.2, 0.25) is 0 Å². The number of anilines is 1. The molecule has 6 heteroatoms. The van der Waals surface area contributed by atoms with Gasteiger partial charge in [-0.15, -0.1) is 0 Å². The van der Waals surface area contributed by atoms with Crippen molar-refractivity contribution in [3.63, 3.8) is 0 Å². The van der Waals surface area contributed by atoms with Gasteiger partial charge in [0.15, 0.2) is 0 Å². The highest BCUT2D eigenvalue weighted by molar-refractivity contribution is 5.92. The summed E-state index contributed by atoms with van der Waals surface area (Å²) in [5, 5.41) is 6.16. The molecule has 2 N–H and O–H groups in total. The van der Waals surface area contributed by atoms with Crippen molar-refractivity contribution in [3.8, 4) is 0 Å². The van der Waals surface area contributed by atoms with Crippen LogP contribution in [0.15, 0.2) is 36.4 Å². The number of nitrogens with one attached hydrogen (secondary N) is 2. The number of ether oxygens (including phenoxy) is 1. The zero-order valence-corrected chi connectivity index (χ0v) is 14.4. The second-order valence-electron chi connectivity index (χ2n) is 5.56. The second-order valence-corrected chi connectivity index (χ2v) is 5.56. The SMILES string of the molecule is COCCCNC(=O)c1cc(NC(C)c2ccccc2)nc(C)n1. The predicted octanol–water partition coefficient (Wildman–Crippen LogP) is 2.72. The number of hydrogen-bond acceptors (Lipinski definition) is 5. The Hall–Kier alpha value is -2.47. The van der Waals surface area contributed by atoms with Crippen molar-refractivity contribution in [2.45, 2.75) is 26.3 Å². The van der Waals surface area contributed by atoms with E-state index in [9.17, 15) is 4.79 Å². The third-order valence-electron chi connectivity index (χ3n) is 3.55. The van der Waals surface area contributed by atoms with Gasteiger partial charge >= 0.3 is 0 Å². The lowest BCUT2D eigenvalue weighted by Crippen LogP contribution is -2.26. The lowest BCUT2D eigenvalue weighted by Gasteiger charge is -2.15. The Morgan fingerprint density at radius 2 is 2.00 bits per heavy atom. The Morgan fingerprint density at radius 1 is 1.25 bits per heavy atom. The van der Waals surface area contributed by atoms with Crippen molar-refractivity contribution in [2.24, 2.45) is 0 Å². The Bertz CT molecular complexity index is 661. The fourth-order valence-electron chi connectivity index (χ4n) is 2.31. The van der Waals surface area contributed by atoms with Crippen LogP contribution in [0.1, 0.15) is 41.3 Å². The maximum absolute atomic E-state index is 12.2. The molecule has 24 heavy (non-hydrogen) atoms. The Kier molecular flexibility index (Phi) is 6.69. The molecule has 0 saturated carbocycles. The fraction of sp³-hybridized carbons (Fsp3) is 0.389. The maximum Gasteiger partial charge on any atom is 0.270 e. The predicted molar refractivity (Wildman–Crippen MR) is 94.1 cm³/mol. The summed E-state index contributed by atoms with van der Waals surface area (Å²) >= 11 is 0. The van der Waals surface area contributed by atoms with Gasteiger partial charge in [0.25, 0.3) is 5.91 Å². The third kappa shape index (κ3) is 5.31. The Labute approximate surface area is 142 Å². The van der Waals surface area contributed by atoms with E-state index in [1.54, 1.807) is 20.1 Å². The van der Waals surface area contributed by atoms with Crippen molar-refractivity contribution in [1.82, 2.24) is 15.3 Å². The van der Waals surface area contributed by atoms with E-state index in [2.05, 4.69) is 39.7 Å². The minimum Gasteiger partial charge on any atom is -0.385 e. The first-order valence-electron chi connectivity index (χ1n) is 8.04. The number of benzene rings is 1. The van der Waals surface area contributed by atoms with E-state index in [-0.39, 0.29) is 11.9 Å². The summed E-state index contributed by atoms with van der Waals surface area (Å²) in [6.45, 7) is 5.00. The van der Waals surface area contributed by atoms with Gasteiger partial charge in [-0.1, -0.05) is 30.3 Å². The van der Waals surface area contributed by atoms with E-state index >= 15 is 0 Å². The summed E-state index contributed by atoms with van der Waals surface area (Å²) in [4.78, 5) is 20.8. The van der Waals surface area contributed by atoms with Crippen LogP contribution in [0.25, 0.3) is 0 Å². The highest BCUT2D eigenvalue weighted by atomic mass is 16.5. The van der Waals surface area contributed by atoms with Gasteiger partial charge < -0.3 is 15.4 Å². The molecule has 0 radical (unpaired) electrons. The summed E-state index contributed by atoms with van der Waals surface area (Å²) in [5.74, 6) is 0.996. The van der Waals surface area contributed by atoms with Crippen LogP contribution in [-0.2, 0) is 4.74 Å². The molecule has 0 saturated heterocycles. The average molecular weight is 328 g/mol. The number of amides is 1. The molecule has 0 aliphatic carbocycles. The number of rotatable bonds is 8. The van der Waals surface area contributed by atoms with E-state index in [0.29, 0.717) is 30.5 Å². The molecule has 0 bridgehead atoms. The highest BCUT2D eigenvalue weighted by Crippen LogP contribution is 2.18. The zero-order chi connectivity index (χ0) is 17.4. The smallest absolute Gasteiger partial charge is 0.270 e. The quantitative estimate of drug-likeness (QED) is 0.729. The van der Waals surface area contributed by atoms with E-state index < -0.39 is 0 Å². The number of hydrogen-bond donors (Lipinski definition) is 2. The second kappa shape index (κ2) is 8.98. The molecule has 1 unspecified atom stereocenters.